The zero-order valence-electron chi connectivity index (χ0n) is 10.2. The fraction of sp³-hybridized carbons (Fsp3) is 0.500. The van der Waals surface area contributed by atoms with Crippen LogP contribution in [-0.2, 0) is 0 Å². The molecule has 4 nitrogen and oxygen atoms in total. The van der Waals surface area contributed by atoms with E-state index in [9.17, 15) is 0 Å². The van der Waals surface area contributed by atoms with Crippen molar-refractivity contribution >= 4 is 11.0 Å². The van der Waals surface area contributed by atoms with Gasteiger partial charge in [-0.1, -0.05) is 44.7 Å². The molecule has 0 saturated carbocycles. The van der Waals surface area contributed by atoms with Gasteiger partial charge in [0.1, 0.15) is 11.0 Å². The first-order valence-corrected chi connectivity index (χ1v) is 5.65. The van der Waals surface area contributed by atoms with E-state index >= 15 is 0 Å². The van der Waals surface area contributed by atoms with E-state index in [0.717, 1.165) is 11.0 Å². The van der Waals surface area contributed by atoms with Gasteiger partial charge in [-0.3, -0.25) is 0 Å². The first-order valence-electron chi connectivity index (χ1n) is 5.65. The highest BCUT2D eigenvalue weighted by Crippen LogP contribution is 2.28. The van der Waals surface area contributed by atoms with Gasteiger partial charge in [0.15, 0.2) is 0 Å². The van der Waals surface area contributed by atoms with Crippen LogP contribution in [0.15, 0.2) is 12.1 Å². The van der Waals surface area contributed by atoms with Gasteiger partial charge in [-0.25, -0.2) is 0 Å². The monoisotopic (exact) mass is 218 g/mol. The van der Waals surface area contributed by atoms with Gasteiger partial charge < -0.3 is 5.84 Å². The van der Waals surface area contributed by atoms with Crippen LogP contribution in [0, 0.1) is 0 Å². The Bertz CT molecular complexity index is 466. The van der Waals surface area contributed by atoms with Gasteiger partial charge in [-0.15, -0.1) is 10.2 Å². The number of rotatable bonds is 2. The molecular weight excluding hydrogens is 200 g/mol. The molecule has 0 aliphatic carbocycles. The number of benzene rings is 1. The fourth-order valence-electron chi connectivity index (χ4n) is 1.98. The highest BCUT2D eigenvalue weighted by molar-refractivity contribution is 5.82. The SMILES string of the molecule is CC(C)c1ccc(C(C)C)c2nn(N)nc12. The summed E-state index contributed by atoms with van der Waals surface area (Å²) in [5.74, 6) is 6.48. The maximum absolute atomic E-state index is 5.62. The number of hydrogen-bond donors (Lipinski definition) is 1. The molecule has 0 amide bonds. The summed E-state index contributed by atoms with van der Waals surface area (Å²) < 4.78 is 0. The Labute approximate surface area is 95.4 Å². The minimum absolute atomic E-state index is 0.431. The van der Waals surface area contributed by atoms with Crippen molar-refractivity contribution in [3.8, 4) is 0 Å². The second kappa shape index (κ2) is 3.77. The average Bonchev–Trinajstić information content (AvgIpc) is 2.56. The second-order valence-electron chi connectivity index (χ2n) is 4.77. The van der Waals surface area contributed by atoms with Crippen LogP contribution in [0.2, 0.25) is 0 Å². The smallest absolute Gasteiger partial charge is 0.119 e. The number of fused-ring (bicyclic) bond motifs is 1. The van der Waals surface area contributed by atoms with E-state index in [0.29, 0.717) is 11.8 Å². The molecule has 0 saturated heterocycles. The minimum Gasteiger partial charge on any atom is -0.306 e. The third-order valence-corrected chi connectivity index (χ3v) is 2.86. The Morgan fingerprint density at radius 1 is 0.938 bits per heavy atom. The predicted octanol–water partition coefficient (Wildman–Crippen LogP) is 2.39. The van der Waals surface area contributed by atoms with Gasteiger partial charge in [-0.05, 0) is 23.0 Å². The third-order valence-electron chi connectivity index (χ3n) is 2.86. The Morgan fingerprint density at radius 3 is 1.62 bits per heavy atom. The maximum atomic E-state index is 5.62. The molecule has 0 aliphatic rings. The Morgan fingerprint density at radius 2 is 1.31 bits per heavy atom. The van der Waals surface area contributed by atoms with Crippen LogP contribution in [0.3, 0.4) is 0 Å². The van der Waals surface area contributed by atoms with E-state index in [2.05, 4.69) is 50.0 Å². The standard InChI is InChI=1S/C12H18N4/c1-7(2)9-5-6-10(8(3)4)12-11(9)14-16(13)15-12/h5-8H,13H2,1-4H3. The highest BCUT2D eigenvalue weighted by atomic mass is 15.6. The van der Waals surface area contributed by atoms with Crippen LogP contribution >= 0.6 is 0 Å². The van der Waals surface area contributed by atoms with Gasteiger partial charge in [0, 0.05) is 0 Å². The summed E-state index contributed by atoms with van der Waals surface area (Å²) in [5, 5.41) is 8.52. The number of nitrogens with two attached hydrogens (primary N) is 1. The maximum Gasteiger partial charge on any atom is 0.119 e. The largest absolute Gasteiger partial charge is 0.306 e. The molecule has 1 aromatic heterocycles. The first-order chi connectivity index (χ1) is 7.50. The zero-order chi connectivity index (χ0) is 11.9. The van der Waals surface area contributed by atoms with Crippen molar-refractivity contribution in [1.82, 2.24) is 15.1 Å². The van der Waals surface area contributed by atoms with Crippen LogP contribution in [0.4, 0.5) is 0 Å². The molecule has 0 bridgehead atoms. The van der Waals surface area contributed by atoms with Crippen molar-refractivity contribution in [2.24, 2.45) is 0 Å². The van der Waals surface area contributed by atoms with E-state index in [1.807, 2.05) is 0 Å². The lowest BCUT2D eigenvalue weighted by Gasteiger charge is -2.10. The molecule has 0 unspecified atom stereocenters. The highest BCUT2D eigenvalue weighted by Gasteiger charge is 2.15. The molecule has 0 atom stereocenters. The predicted molar refractivity (Wildman–Crippen MR) is 65.9 cm³/mol. The van der Waals surface area contributed by atoms with E-state index in [1.165, 1.54) is 16.0 Å². The normalized spacial score (nSPS) is 11.9. The molecule has 0 spiro atoms. The molecule has 16 heavy (non-hydrogen) atoms. The Kier molecular flexibility index (Phi) is 2.58. The Balaban J connectivity index is 2.76. The van der Waals surface area contributed by atoms with Crippen LogP contribution in [0.25, 0.3) is 11.0 Å². The lowest BCUT2D eigenvalue weighted by atomic mass is 9.95. The van der Waals surface area contributed by atoms with Gasteiger partial charge in [-0.2, -0.15) is 0 Å². The van der Waals surface area contributed by atoms with E-state index < -0.39 is 0 Å². The summed E-state index contributed by atoms with van der Waals surface area (Å²) in [5.41, 5.74) is 4.28. The summed E-state index contributed by atoms with van der Waals surface area (Å²) in [4.78, 5) is 1.17. The van der Waals surface area contributed by atoms with Crippen molar-refractivity contribution in [3.05, 3.63) is 23.3 Å². The third kappa shape index (κ3) is 1.64. The molecule has 0 aliphatic heterocycles. The summed E-state index contributed by atoms with van der Waals surface area (Å²) in [6, 6.07) is 4.27. The summed E-state index contributed by atoms with van der Waals surface area (Å²) in [7, 11) is 0. The van der Waals surface area contributed by atoms with Crippen molar-refractivity contribution in [3.63, 3.8) is 0 Å². The van der Waals surface area contributed by atoms with Crippen LogP contribution < -0.4 is 5.84 Å². The van der Waals surface area contributed by atoms with Crippen molar-refractivity contribution in [1.29, 1.82) is 0 Å². The molecule has 2 rings (SSSR count). The van der Waals surface area contributed by atoms with Crippen LogP contribution in [0.1, 0.15) is 50.7 Å². The van der Waals surface area contributed by atoms with Gasteiger partial charge in [0.2, 0.25) is 0 Å². The molecule has 1 aromatic carbocycles. The molecule has 4 heteroatoms. The number of nitrogen functional groups attached to an aromatic ring is 1. The number of nitrogens with zero attached hydrogens (tertiary/aromatic N) is 3. The first kappa shape index (κ1) is 10.9. The van der Waals surface area contributed by atoms with Gasteiger partial charge in [0.05, 0.1) is 0 Å². The topological polar surface area (TPSA) is 56.7 Å². The van der Waals surface area contributed by atoms with Crippen LogP contribution in [0.5, 0.6) is 0 Å². The number of aromatic nitrogens is 3. The average molecular weight is 218 g/mol. The molecule has 2 N–H and O–H groups in total. The molecule has 1 heterocycles. The molecule has 0 fully saturated rings. The lowest BCUT2D eigenvalue weighted by Crippen LogP contribution is -2.11. The van der Waals surface area contributed by atoms with Crippen LogP contribution in [-0.4, -0.2) is 15.1 Å². The molecule has 0 radical (unpaired) electrons. The summed E-state index contributed by atoms with van der Waals surface area (Å²) >= 11 is 0. The van der Waals surface area contributed by atoms with Gasteiger partial charge >= 0.3 is 0 Å². The molecule has 86 valence electrons. The Hall–Kier alpha value is -1.58. The lowest BCUT2D eigenvalue weighted by molar-refractivity contribution is 0.717. The van der Waals surface area contributed by atoms with E-state index in [4.69, 9.17) is 5.84 Å². The van der Waals surface area contributed by atoms with Crippen molar-refractivity contribution in [2.45, 2.75) is 39.5 Å². The quantitative estimate of drug-likeness (QED) is 0.787. The summed E-state index contributed by atoms with van der Waals surface area (Å²) in [6.07, 6.45) is 0. The van der Waals surface area contributed by atoms with Crippen molar-refractivity contribution in [2.75, 3.05) is 5.84 Å². The fourth-order valence-corrected chi connectivity index (χ4v) is 1.98. The van der Waals surface area contributed by atoms with E-state index in [-0.39, 0.29) is 0 Å². The second-order valence-corrected chi connectivity index (χ2v) is 4.77. The number of hydrogen-bond acceptors (Lipinski definition) is 3. The van der Waals surface area contributed by atoms with Gasteiger partial charge in [0.25, 0.3) is 0 Å². The molecule has 2 aromatic rings. The summed E-state index contributed by atoms with van der Waals surface area (Å²) in [6.45, 7) is 8.61. The molecular formula is C12H18N4. The minimum atomic E-state index is 0.431. The van der Waals surface area contributed by atoms with Crippen molar-refractivity contribution < 1.29 is 0 Å². The van der Waals surface area contributed by atoms with E-state index in [1.54, 1.807) is 0 Å². The zero-order valence-corrected chi connectivity index (χ0v) is 10.2.